The highest BCUT2D eigenvalue weighted by Gasteiger charge is 2.07. The fourth-order valence-electron chi connectivity index (χ4n) is 2.17. The number of benzene rings is 1. The molecule has 1 aromatic carbocycles. The van der Waals surface area contributed by atoms with Gasteiger partial charge in [0, 0.05) is 4.47 Å². The number of hydrogen-bond acceptors (Lipinski definition) is 2. The maximum atomic E-state index is 6.01. The topological polar surface area (TPSA) is 21.3 Å². The summed E-state index contributed by atoms with van der Waals surface area (Å²) >= 11 is 3.59. The van der Waals surface area contributed by atoms with Crippen LogP contribution >= 0.6 is 15.9 Å². The highest BCUT2D eigenvalue weighted by atomic mass is 79.9. The fraction of sp³-hybridized carbons (Fsp3) is 0.647. The van der Waals surface area contributed by atoms with E-state index < -0.39 is 0 Å². The van der Waals surface area contributed by atoms with Crippen molar-refractivity contribution in [2.75, 3.05) is 13.1 Å². The summed E-state index contributed by atoms with van der Waals surface area (Å²) in [6.45, 7) is 13.0. The van der Waals surface area contributed by atoms with Crippen LogP contribution in [-0.2, 0) is 0 Å². The van der Waals surface area contributed by atoms with Crippen LogP contribution in [0.5, 0.6) is 5.75 Å². The first kappa shape index (κ1) is 17.5. The van der Waals surface area contributed by atoms with Gasteiger partial charge < -0.3 is 10.1 Å². The molecule has 0 fully saturated rings. The molecule has 0 aliphatic rings. The van der Waals surface area contributed by atoms with Gasteiger partial charge in [0.25, 0.3) is 0 Å². The minimum atomic E-state index is 0.260. The summed E-state index contributed by atoms with van der Waals surface area (Å²) in [6.07, 6.45) is 2.50. The molecule has 1 rings (SSSR count). The van der Waals surface area contributed by atoms with Gasteiger partial charge in [0.15, 0.2) is 0 Å². The summed E-state index contributed by atoms with van der Waals surface area (Å²) in [4.78, 5) is 0. The first-order chi connectivity index (χ1) is 9.40. The van der Waals surface area contributed by atoms with Gasteiger partial charge in [-0.15, -0.1) is 0 Å². The summed E-state index contributed by atoms with van der Waals surface area (Å²) in [5.41, 5.74) is 2.46. The Hall–Kier alpha value is -0.540. The van der Waals surface area contributed by atoms with E-state index in [0.717, 1.165) is 37.6 Å². The lowest BCUT2D eigenvalue weighted by atomic mass is 10.1. The smallest absolute Gasteiger partial charge is 0.120 e. The number of aryl methyl sites for hydroxylation is 2. The summed E-state index contributed by atoms with van der Waals surface area (Å²) in [5.74, 6) is 1.70. The lowest BCUT2D eigenvalue weighted by Gasteiger charge is -2.17. The van der Waals surface area contributed by atoms with Crippen molar-refractivity contribution in [3.8, 4) is 5.75 Å². The van der Waals surface area contributed by atoms with Crippen molar-refractivity contribution in [2.24, 2.45) is 5.92 Å². The Balaban J connectivity index is 2.33. The van der Waals surface area contributed by atoms with Crippen molar-refractivity contribution >= 4 is 15.9 Å². The average molecular weight is 342 g/mol. The van der Waals surface area contributed by atoms with Crippen molar-refractivity contribution < 1.29 is 4.74 Å². The second-order valence-electron chi connectivity index (χ2n) is 6.04. The summed E-state index contributed by atoms with van der Waals surface area (Å²) in [7, 11) is 0. The van der Waals surface area contributed by atoms with Crippen LogP contribution < -0.4 is 10.1 Å². The summed E-state index contributed by atoms with van der Waals surface area (Å²) in [6, 6.07) is 4.20. The molecule has 1 N–H and O–H groups in total. The fourth-order valence-corrected chi connectivity index (χ4v) is 2.40. The minimum absolute atomic E-state index is 0.260. The Labute approximate surface area is 132 Å². The van der Waals surface area contributed by atoms with Gasteiger partial charge in [-0.05, 0) is 75.9 Å². The van der Waals surface area contributed by atoms with Crippen LogP contribution in [0.25, 0.3) is 0 Å². The number of nitrogens with one attached hydrogen (secondary N) is 1. The third-order valence-electron chi connectivity index (χ3n) is 3.26. The van der Waals surface area contributed by atoms with Crippen molar-refractivity contribution in [3.63, 3.8) is 0 Å². The predicted molar refractivity (Wildman–Crippen MR) is 90.6 cm³/mol. The van der Waals surface area contributed by atoms with Gasteiger partial charge in [0.1, 0.15) is 5.75 Å². The molecule has 0 saturated heterocycles. The molecule has 0 amide bonds. The van der Waals surface area contributed by atoms with Crippen molar-refractivity contribution in [2.45, 2.75) is 53.6 Å². The van der Waals surface area contributed by atoms with Crippen LogP contribution in [0.3, 0.4) is 0 Å². The quantitative estimate of drug-likeness (QED) is 0.681. The van der Waals surface area contributed by atoms with Crippen molar-refractivity contribution in [3.05, 3.63) is 27.7 Å². The van der Waals surface area contributed by atoms with Crippen LogP contribution in [0.4, 0.5) is 0 Å². The summed E-state index contributed by atoms with van der Waals surface area (Å²) < 4.78 is 7.19. The SMILES string of the molecule is Cc1cc(OC(C)CCCNCC(C)C)cc(C)c1Br. The Bertz CT molecular complexity index is 394. The maximum Gasteiger partial charge on any atom is 0.120 e. The van der Waals surface area contributed by atoms with Gasteiger partial charge in [-0.1, -0.05) is 29.8 Å². The van der Waals surface area contributed by atoms with E-state index in [-0.39, 0.29) is 6.10 Å². The normalized spacial score (nSPS) is 12.8. The van der Waals surface area contributed by atoms with E-state index in [9.17, 15) is 0 Å². The molecule has 20 heavy (non-hydrogen) atoms. The van der Waals surface area contributed by atoms with E-state index in [1.807, 2.05) is 0 Å². The molecule has 0 aliphatic heterocycles. The van der Waals surface area contributed by atoms with Crippen LogP contribution in [-0.4, -0.2) is 19.2 Å². The Morgan fingerprint density at radius 3 is 2.30 bits per heavy atom. The van der Waals surface area contributed by atoms with Crippen molar-refractivity contribution in [1.29, 1.82) is 0 Å². The summed E-state index contributed by atoms with van der Waals surface area (Å²) in [5, 5.41) is 3.47. The molecule has 1 atom stereocenters. The standard InChI is InChI=1S/C17H28BrNO/c1-12(2)11-19-8-6-7-15(5)20-16-9-13(3)17(18)14(4)10-16/h9-10,12,15,19H,6-8,11H2,1-5H3. The molecule has 0 bridgehead atoms. The predicted octanol–water partition coefficient (Wildman–Crippen LogP) is 4.86. The lowest BCUT2D eigenvalue weighted by molar-refractivity contribution is 0.207. The minimum Gasteiger partial charge on any atom is -0.491 e. The van der Waals surface area contributed by atoms with Gasteiger partial charge in [0.05, 0.1) is 6.10 Å². The Morgan fingerprint density at radius 1 is 1.15 bits per heavy atom. The third kappa shape index (κ3) is 6.27. The van der Waals surface area contributed by atoms with E-state index in [0.29, 0.717) is 0 Å². The van der Waals surface area contributed by atoms with Gasteiger partial charge in [-0.25, -0.2) is 0 Å². The molecule has 0 aromatic heterocycles. The van der Waals surface area contributed by atoms with Crippen LogP contribution in [0.2, 0.25) is 0 Å². The first-order valence-corrected chi connectivity index (χ1v) is 8.33. The Morgan fingerprint density at radius 2 is 1.75 bits per heavy atom. The Kier molecular flexibility index (Phi) is 7.60. The molecule has 3 heteroatoms. The zero-order chi connectivity index (χ0) is 15.1. The molecule has 2 nitrogen and oxygen atoms in total. The van der Waals surface area contributed by atoms with Crippen LogP contribution in [0.1, 0.15) is 44.7 Å². The van der Waals surface area contributed by atoms with Crippen molar-refractivity contribution in [1.82, 2.24) is 5.32 Å². The number of hydrogen-bond donors (Lipinski definition) is 1. The zero-order valence-electron chi connectivity index (χ0n) is 13.4. The molecule has 0 radical (unpaired) electrons. The number of halogens is 1. The third-order valence-corrected chi connectivity index (χ3v) is 4.51. The van der Waals surface area contributed by atoms with E-state index >= 15 is 0 Å². The van der Waals surface area contributed by atoms with E-state index in [2.05, 4.69) is 68.0 Å². The molecule has 0 spiro atoms. The lowest BCUT2D eigenvalue weighted by Crippen LogP contribution is -2.22. The van der Waals surface area contributed by atoms with Gasteiger partial charge in [-0.2, -0.15) is 0 Å². The molecule has 114 valence electrons. The van der Waals surface area contributed by atoms with Gasteiger partial charge in [0.2, 0.25) is 0 Å². The maximum absolute atomic E-state index is 6.01. The molecule has 0 heterocycles. The number of rotatable bonds is 8. The first-order valence-electron chi connectivity index (χ1n) is 7.54. The second-order valence-corrected chi connectivity index (χ2v) is 6.83. The van der Waals surface area contributed by atoms with E-state index in [1.54, 1.807) is 0 Å². The zero-order valence-corrected chi connectivity index (χ0v) is 15.0. The highest BCUT2D eigenvalue weighted by Crippen LogP contribution is 2.27. The molecular weight excluding hydrogens is 314 g/mol. The van der Waals surface area contributed by atoms with E-state index in [1.165, 1.54) is 15.6 Å². The van der Waals surface area contributed by atoms with Crippen LogP contribution in [0.15, 0.2) is 16.6 Å². The van der Waals surface area contributed by atoms with Crippen LogP contribution in [0, 0.1) is 19.8 Å². The van der Waals surface area contributed by atoms with E-state index in [4.69, 9.17) is 4.74 Å². The van der Waals surface area contributed by atoms with Gasteiger partial charge in [-0.3, -0.25) is 0 Å². The molecule has 1 aromatic rings. The average Bonchev–Trinajstić information content (AvgIpc) is 2.35. The molecule has 0 saturated carbocycles. The largest absolute Gasteiger partial charge is 0.491 e. The molecule has 0 aliphatic carbocycles. The monoisotopic (exact) mass is 341 g/mol. The second kappa shape index (κ2) is 8.68. The molecule has 1 unspecified atom stereocenters. The highest BCUT2D eigenvalue weighted by molar-refractivity contribution is 9.10. The number of ether oxygens (including phenoxy) is 1. The molecular formula is C17H28BrNO. The van der Waals surface area contributed by atoms with Gasteiger partial charge >= 0.3 is 0 Å².